The summed E-state index contributed by atoms with van der Waals surface area (Å²) in [5, 5.41) is 3.45. The summed E-state index contributed by atoms with van der Waals surface area (Å²) in [6, 6.07) is 8.82. The molecule has 2 atom stereocenters. The minimum Gasteiger partial charge on any atom is -0.489 e. The molecular formula is C21H33IN4O. The Morgan fingerprint density at radius 3 is 2.81 bits per heavy atom. The average molecular weight is 484 g/mol. The minimum atomic E-state index is 0. The van der Waals surface area contributed by atoms with Crippen LogP contribution in [-0.4, -0.2) is 67.2 Å². The molecule has 0 saturated carbocycles. The van der Waals surface area contributed by atoms with Gasteiger partial charge in [-0.1, -0.05) is 24.3 Å². The highest BCUT2D eigenvalue weighted by atomic mass is 127. The molecule has 0 amide bonds. The third kappa shape index (κ3) is 6.38. The smallest absolute Gasteiger partial charge is 0.194 e. The maximum atomic E-state index is 6.02. The molecule has 1 saturated heterocycles. The Morgan fingerprint density at radius 1 is 1.33 bits per heavy atom. The average Bonchev–Trinajstić information content (AvgIpc) is 3.29. The van der Waals surface area contributed by atoms with Crippen molar-refractivity contribution in [2.75, 3.05) is 39.3 Å². The Bertz CT molecular complexity index is 641. The predicted molar refractivity (Wildman–Crippen MR) is 123 cm³/mol. The van der Waals surface area contributed by atoms with Crippen molar-refractivity contribution in [1.82, 2.24) is 15.1 Å². The van der Waals surface area contributed by atoms with Crippen LogP contribution < -0.4 is 10.1 Å². The molecule has 5 nitrogen and oxygen atoms in total. The van der Waals surface area contributed by atoms with E-state index in [2.05, 4.69) is 60.2 Å². The zero-order valence-electron chi connectivity index (χ0n) is 16.7. The lowest BCUT2D eigenvalue weighted by Crippen LogP contribution is -2.43. The second-order valence-electron chi connectivity index (χ2n) is 7.25. The fourth-order valence-electron chi connectivity index (χ4n) is 3.62. The van der Waals surface area contributed by atoms with Crippen LogP contribution in [0.25, 0.3) is 0 Å². The standard InChI is InChI=1S/C21H32N4O.HI/c1-4-22-21(25-13-10-19(16-25)24-11-5-6-12-24)23-15-18(3)26-20-9-7-8-17(2)14-20;/h5-9,14,18-19H,4,10-13,15-16H2,1-3H3,(H,22,23);1H. The number of aliphatic imine (C=N–C) groups is 1. The van der Waals surface area contributed by atoms with Crippen LogP contribution in [0.2, 0.25) is 0 Å². The zero-order chi connectivity index (χ0) is 18.4. The fourth-order valence-corrected chi connectivity index (χ4v) is 3.62. The number of hydrogen-bond donors (Lipinski definition) is 1. The first kappa shape index (κ1) is 22.0. The summed E-state index contributed by atoms with van der Waals surface area (Å²) < 4.78 is 6.02. The van der Waals surface area contributed by atoms with Gasteiger partial charge in [-0.25, -0.2) is 4.99 Å². The molecular weight excluding hydrogens is 451 g/mol. The van der Waals surface area contributed by atoms with Crippen molar-refractivity contribution in [2.24, 2.45) is 4.99 Å². The second-order valence-corrected chi connectivity index (χ2v) is 7.25. The van der Waals surface area contributed by atoms with Crippen molar-refractivity contribution in [3.63, 3.8) is 0 Å². The number of halogens is 1. The third-order valence-electron chi connectivity index (χ3n) is 4.99. The van der Waals surface area contributed by atoms with Gasteiger partial charge in [0.2, 0.25) is 0 Å². The summed E-state index contributed by atoms with van der Waals surface area (Å²) >= 11 is 0. The molecule has 27 heavy (non-hydrogen) atoms. The van der Waals surface area contributed by atoms with E-state index in [9.17, 15) is 0 Å². The Hall–Kier alpha value is -1.28. The van der Waals surface area contributed by atoms with E-state index in [4.69, 9.17) is 9.73 Å². The zero-order valence-corrected chi connectivity index (χ0v) is 19.1. The molecule has 6 heteroatoms. The largest absolute Gasteiger partial charge is 0.489 e. The highest BCUT2D eigenvalue weighted by Gasteiger charge is 2.29. The van der Waals surface area contributed by atoms with Crippen LogP contribution in [0.3, 0.4) is 0 Å². The monoisotopic (exact) mass is 484 g/mol. The summed E-state index contributed by atoms with van der Waals surface area (Å²) in [4.78, 5) is 9.79. The Balaban J connectivity index is 0.00000261. The number of benzene rings is 1. The van der Waals surface area contributed by atoms with Crippen molar-refractivity contribution >= 4 is 29.9 Å². The molecule has 1 aromatic carbocycles. The Kier molecular flexibility index (Phi) is 8.89. The van der Waals surface area contributed by atoms with Gasteiger partial charge in [0.05, 0.1) is 6.54 Å². The highest BCUT2D eigenvalue weighted by Crippen LogP contribution is 2.18. The quantitative estimate of drug-likeness (QED) is 0.291. The van der Waals surface area contributed by atoms with Gasteiger partial charge in [-0.05, 0) is 44.9 Å². The third-order valence-corrected chi connectivity index (χ3v) is 4.99. The van der Waals surface area contributed by atoms with Crippen molar-refractivity contribution in [2.45, 2.75) is 39.3 Å². The molecule has 1 fully saturated rings. The lowest BCUT2D eigenvalue weighted by Gasteiger charge is -2.25. The topological polar surface area (TPSA) is 40.1 Å². The van der Waals surface area contributed by atoms with Crippen molar-refractivity contribution in [1.29, 1.82) is 0 Å². The van der Waals surface area contributed by atoms with Crippen LogP contribution in [-0.2, 0) is 0 Å². The number of ether oxygens (including phenoxy) is 1. The van der Waals surface area contributed by atoms with E-state index in [1.807, 2.05) is 12.1 Å². The van der Waals surface area contributed by atoms with Crippen molar-refractivity contribution in [3.8, 4) is 5.75 Å². The van der Waals surface area contributed by atoms with Crippen LogP contribution in [0, 0.1) is 6.92 Å². The van der Waals surface area contributed by atoms with Gasteiger partial charge in [-0.15, -0.1) is 24.0 Å². The van der Waals surface area contributed by atoms with Gasteiger partial charge in [0, 0.05) is 38.8 Å². The molecule has 1 N–H and O–H groups in total. The number of aryl methyl sites for hydroxylation is 1. The fraction of sp³-hybridized carbons (Fsp3) is 0.571. The maximum Gasteiger partial charge on any atom is 0.194 e. The summed E-state index contributed by atoms with van der Waals surface area (Å²) in [5.74, 6) is 1.93. The number of nitrogens with one attached hydrogen (secondary N) is 1. The van der Waals surface area contributed by atoms with Gasteiger partial charge >= 0.3 is 0 Å². The SMILES string of the molecule is CCNC(=NCC(C)Oc1cccc(C)c1)N1CCC(N2CC=CC2)C1.I. The van der Waals surface area contributed by atoms with Crippen LogP contribution >= 0.6 is 24.0 Å². The molecule has 1 aromatic rings. The van der Waals surface area contributed by atoms with E-state index in [1.165, 1.54) is 12.0 Å². The van der Waals surface area contributed by atoms with Gasteiger partial charge < -0.3 is 15.0 Å². The molecule has 0 bridgehead atoms. The molecule has 150 valence electrons. The molecule has 0 aromatic heterocycles. The first-order valence-electron chi connectivity index (χ1n) is 9.81. The van der Waals surface area contributed by atoms with E-state index in [-0.39, 0.29) is 30.1 Å². The van der Waals surface area contributed by atoms with Crippen LogP contribution in [0.4, 0.5) is 0 Å². The van der Waals surface area contributed by atoms with Crippen molar-refractivity contribution in [3.05, 3.63) is 42.0 Å². The van der Waals surface area contributed by atoms with E-state index in [0.29, 0.717) is 12.6 Å². The number of nitrogens with zero attached hydrogens (tertiary/aromatic N) is 3. The van der Waals surface area contributed by atoms with Gasteiger partial charge in [-0.2, -0.15) is 0 Å². The first-order chi connectivity index (χ1) is 12.7. The van der Waals surface area contributed by atoms with E-state index < -0.39 is 0 Å². The molecule has 2 unspecified atom stereocenters. The van der Waals surface area contributed by atoms with Crippen LogP contribution in [0.15, 0.2) is 41.4 Å². The highest BCUT2D eigenvalue weighted by molar-refractivity contribution is 14.0. The number of hydrogen-bond acceptors (Lipinski definition) is 3. The summed E-state index contributed by atoms with van der Waals surface area (Å²) in [6.45, 7) is 12.1. The van der Waals surface area contributed by atoms with Gasteiger partial charge in [0.15, 0.2) is 5.96 Å². The number of rotatable bonds is 6. The summed E-state index contributed by atoms with van der Waals surface area (Å²) in [5.41, 5.74) is 1.21. The number of guanidine groups is 1. The molecule has 0 aliphatic carbocycles. The predicted octanol–water partition coefficient (Wildman–Crippen LogP) is 3.29. The van der Waals surface area contributed by atoms with E-state index in [1.54, 1.807) is 0 Å². The molecule has 2 heterocycles. The van der Waals surface area contributed by atoms with Crippen molar-refractivity contribution < 1.29 is 4.74 Å². The lowest BCUT2D eigenvalue weighted by atomic mass is 10.2. The Labute approximate surface area is 180 Å². The van der Waals surface area contributed by atoms with Gasteiger partial charge in [-0.3, -0.25) is 4.90 Å². The second kappa shape index (κ2) is 10.9. The van der Waals surface area contributed by atoms with Crippen LogP contribution in [0.5, 0.6) is 5.75 Å². The maximum absolute atomic E-state index is 6.02. The lowest BCUT2D eigenvalue weighted by molar-refractivity contribution is 0.229. The molecule has 2 aliphatic heterocycles. The molecule has 0 spiro atoms. The molecule has 2 aliphatic rings. The normalized spacial score (nSPS) is 21.2. The molecule has 3 rings (SSSR count). The minimum absolute atomic E-state index is 0. The van der Waals surface area contributed by atoms with E-state index in [0.717, 1.165) is 44.4 Å². The Morgan fingerprint density at radius 2 is 2.11 bits per heavy atom. The summed E-state index contributed by atoms with van der Waals surface area (Å²) in [6.07, 6.45) is 5.80. The van der Waals surface area contributed by atoms with Gasteiger partial charge in [0.25, 0.3) is 0 Å². The number of likely N-dealkylation sites (tertiary alicyclic amines) is 1. The molecule has 0 radical (unpaired) electrons. The first-order valence-corrected chi connectivity index (χ1v) is 9.81. The van der Waals surface area contributed by atoms with Crippen LogP contribution in [0.1, 0.15) is 25.8 Å². The summed E-state index contributed by atoms with van der Waals surface area (Å²) in [7, 11) is 0. The van der Waals surface area contributed by atoms with Gasteiger partial charge in [0.1, 0.15) is 11.9 Å². The van der Waals surface area contributed by atoms with E-state index >= 15 is 0 Å².